The van der Waals surface area contributed by atoms with Crippen LogP contribution in [0.15, 0.2) is 0 Å². The Balaban J connectivity index is 3.59. The molecule has 3 nitrogen and oxygen atoms in total. The van der Waals surface area contributed by atoms with E-state index in [0.29, 0.717) is 6.42 Å². The molecule has 0 radical (unpaired) electrons. The lowest BCUT2D eigenvalue weighted by Gasteiger charge is -2.07. The van der Waals surface area contributed by atoms with Crippen molar-refractivity contribution in [3.8, 4) is 0 Å². The van der Waals surface area contributed by atoms with Gasteiger partial charge in [-0.1, -0.05) is 39.0 Å². The fourth-order valence-corrected chi connectivity index (χ4v) is 3.28. The second-order valence-corrected chi connectivity index (χ2v) is 6.73. The van der Waals surface area contributed by atoms with Gasteiger partial charge in [0.2, 0.25) is 0 Å². The quantitative estimate of drug-likeness (QED) is 0.490. The number of hydrogen-bond acceptors (Lipinski definition) is 3. The minimum atomic E-state index is -3.12. The van der Waals surface area contributed by atoms with Crippen molar-refractivity contribution in [1.82, 2.24) is 0 Å². The molecule has 0 spiro atoms. The highest BCUT2D eigenvalue weighted by molar-refractivity contribution is 7.91. The molecular formula is C11H23ClO3S. The van der Waals surface area contributed by atoms with Gasteiger partial charge in [-0.2, -0.15) is 0 Å². The van der Waals surface area contributed by atoms with Crippen LogP contribution < -0.4 is 0 Å². The third-order valence-electron chi connectivity index (χ3n) is 2.43. The first kappa shape index (κ1) is 16.2. The van der Waals surface area contributed by atoms with E-state index < -0.39 is 15.9 Å². The summed E-state index contributed by atoms with van der Waals surface area (Å²) in [6, 6.07) is 0. The molecule has 0 aliphatic heterocycles. The maximum absolute atomic E-state index is 11.5. The normalized spacial score (nSPS) is 13.9. The molecule has 0 amide bonds. The second kappa shape index (κ2) is 9.25. The van der Waals surface area contributed by atoms with Gasteiger partial charge in [-0.15, -0.1) is 11.6 Å². The molecule has 0 aromatic carbocycles. The fraction of sp³-hybridized carbons (Fsp3) is 1.00. The summed E-state index contributed by atoms with van der Waals surface area (Å²) < 4.78 is 22.9. The molecule has 0 fully saturated rings. The monoisotopic (exact) mass is 270 g/mol. The standard InChI is InChI=1S/C11H23ClO3S/c1-2-3-4-5-6-7-8-16(14,15)10-11(13)9-12/h11,13H,2-10H2,1H3/t11-/m1/s1. The maximum atomic E-state index is 11.5. The predicted octanol–water partition coefficient (Wildman–Crippen LogP) is 2.36. The van der Waals surface area contributed by atoms with Crippen LogP contribution in [-0.2, 0) is 9.84 Å². The molecule has 1 atom stereocenters. The lowest BCUT2D eigenvalue weighted by Crippen LogP contribution is -2.24. The van der Waals surface area contributed by atoms with Crippen molar-refractivity contribution in [2.75, 3.05) is 17.4 Å². The van der Waals surface area contributed by atoms with Gasteiger partial charge in [-0.3, -0.25) is 0 Å². The van der Waals surface area contributed by atoms with Crippen molar-refractivity contribution in [2.24, 2.45) is 0 Å². The Morgan fingerprint density at radius 3 is 2.25 bits per heavy atom. The van der Waals surface area contributed by atoms with Crippen LogP contribution in [0.3, 0.4) is 0 Å². The van der Waals surface area contributed by atoms with Crippen molar-refractivity contribution in [3.63, 3.8) is 0 Å². The molecule has 1 N–H and O–H groups in total. The van der Waals surface area contributed by atoms with Crippen LogP contribution in [0, 0.1) is 0 Å². The Labute approximate surface area is 104 Å². The molecular weight excluding hydrogens is 248 g/mol. The summed E-state index contributed by atoms with van der Waals surface area (Å²) in [6.07, 6.45) is 5.42. The Kier molecular flexibility index (Phi) is 9.37. The molecule has 0 aromatic rings. The molecule has 16 heavy (non-hydrogen) atoms. The Hall–Kier alpha value is 0.200. The van der Waals surface area contributed by atoms with E-state index in [-0.39, 0.29) is 17.4 Å². The number of aliphatic hydroxyl groups excluding tert-OH is 1. The molecule has 0 aromatic heterocycles. The minimum Gasteiger partial charge on any atom is -0.391 e. The molecule has 0 rings (SSSR count). The maximum Gasteiger partial charge on any atom is 0.152 e. The topological polar surface area (TPSA) is 54.4 Å². The van der Waals surface area contributed by atoms with Gasteiger partial charge >= 0.3 is 0 Å². The van der Waals surface area contributed by atoms with Crippen LogP contribution in [-0.4, -0.2) is 37.0 Å². The van der Waals surface area contributed by atoms with Crippen molar-refractivity contribution < 1.29 is 13.5 Å². The first-order chi connectivity index (χ1) is 7.52. The zero-order valence-corrected chi connectivity index (χ0v) is 11.6. The van der Waals surface area contributed by atoms with Crippen molar-refractivity contribution >= 4 is 21.4 Å². The Morgan fingerprint density at radius 1 is 1.12 bits per heavy atom. The zero-order valence-electron chi connectivity index (χ0n) is 9.99. The first-order valence-electron chi connectivity index (χ1n) is 5.96. The molecule has 0 saturated carbocycles. The highest BCUT2D eigenvalue weighted by atomic mass is 35.5. The van der Waals surface area contributed by atoms with E-state index in [1.807, 2.05) is 0 Å². The van der Waals surface area contributed by atoms with E-state index in [1.54, 1.807) is 0 Å². The number of unbranched alkanes of at least 4 members (excludes halogenated alkanes) is 5. The summed E-state index contributed by atoms with van der Waals surface area (Å²) in [4.78, 5) is 0. The van der Waals surface area contributed by atoms with Crippen LogP contribution in [0.5, 0.6) is 0 Å². The van der Waals surface area contributed by atoms with E-state index in [1.165, 1.54) is 19.3 Å². The molecule has 0 unspecified atom stereocenters. The third kappa shape index (κ3) is 9.43. The molecule has 0 heterocycles. The lowest BCUT2D eigenvalue weighted by molar-refractivity contribution is 0.221. The van der Waals surface area contributed by atoms with Gasteiger partial charge in [-0.25, -0.2) is 8.42 Å². The fourth-order valence-electron chi connectivity index (χ4n) is 1.52. The summed E-state index contributed by atoms with van der Waals surface area (Å²) in [7, 11) is -3.12. The van der Waals surface area contributed by atoms with Crippen molar-refractivity contribution in [3.05, 3.63) is 0 Å². The number of hydrogen-bond donors (Lipinski definition) is 1. The molecule has 0 aliphatic carbocycles. The van der Waals surface area contributed by atoms with Gasteiger partial charge in [0.25, 0.3) is 0 Å². The highest BCUT2D eigenvalue weighted by Gasteiger charge is 2.15. The van der Waals surface area contributed by atoms with Gasteiger partial charge in [0, 0.05) is 5.88 Å². The lowest BCUT2D eigenvalue weighted by atomic mass is 10.1. The first-order valence-corrected chi connectivity index (χ1v) is 8.32. The summed E-state index contributed by atoms with van der Waals surface area (Å²) in [6.45, 7) is 2.15. The van der Waals surface area contributed by atoms with E-state index >= 15 is 0 Å². The van der Waals surface area contributed by atoms with Crippen LogP contribution >= 0.6 is 11.6 Å². The zero-order chi connectivity index (χ0) is 12.4. The summed E-state index contributed by atoms with van der Waals surface area (Å²) in [5, 5.41) is 9.16. The summed E-state index contributed by atoms with van der Waals surface area (Å²) in [5.74, 6) is -0.0474. The SMILES string of the molecule is CCCCCCCCS(=O)(=O)C[C@H](O)CCl. The van der Waals surface area contributed by atoms with Gasteiger partial charge in [0.15, 0.2) is 9.84 Å². The number of rotatable bonds is 10. The van der Waals surface area contributed by atoms with Gasteiger partial charge < -0.3 is 5.11 Å². The molecule has 98 valence electrons. The predicted molar refractivity (Wildman–Crippen MR) is 68.8 cm³/mol. The molecule has 0 aliphatic rings. The average Bonchev–Trinajstić information content (AvgIpc) is 2.22. The largest absolute Gasteiger partial charge is 0.391 e. The van der Waals surface area contributed by atoms with Crippen molar-refractivity contribution in [1.29, 1.82) is 0 Å². The van der Waals surface area contributed by atoms with Gasteiger partial charge in [-0.05, 0) is 6.42 Å². The van der Waals surface area contributed by atoms with Crippen LogP contribution in [0.1, 0.15) is 45.4 Å². The highest BCUT2D eigenvalue weighted by Crippen LogP contribution is 2.07. The summed E-state index contributed by atoms with van der Waals surface area (Å²) in [5.41, 5.74) is 0. The number of alkyl halides is 1. The van der Waals surface area contributed by atoms with Crippen molar-refractivity contribution in [2.45, 2.75) is 51.6 Å². The number of aliphatic hydroxyl groups is 1. The molecule has 5 heteroatoms. The third-order valence-corrected chi connectivity index (χ3v) is 4.59. The van der Waals surface area contributed by atoms with Crippen LogP contribution in [0.4, 0.5) is 0 Å². The Bertz CT molecular complexity index is 252. The van der Waals surface area contributed by atoms with E-state index in [0.717, 1.165) is 12.8 Å². The number of halogens is 1. The average molecular weight is 271 g/mol. The van der Waals surface area contributed by atoms with E-state index in [2.05, 4.69) is 6.92 Å². The second-order valence-electron chi connectivity index (χ2n) is 4.19. The number of sulfone groups is 1. The molecule has 0 bridgehead atoms. The summed E-state index contributed by atoms with van der Waals surface area (Å²) >= 11 is 5.36. The van der Waals surface area contributed by atoms with Crippen LogP contribution in [0.2, 0.25) is 0 Å². The van der Waals surface area contributed by atoms with Crippen LogP contribution in [0.25, 0.3) is 0 Å². The minimum absolute atomic E-state index is 0.0181. The van der Waals surface area contributed by atoms with Gasteiger partial charge in [0.05, 0.1) is 17.6 Å². The van der Waals surface area contributed by atoms with E-state index in [9.17, 15) is 8.42 Å². The smallest absolute Gasteiger partial charge is 0.152 e. The Morgan fingerprint density at radius 2 is 1.69 bits per heavy atom. The van der Waals surface area contributed by atoms with E-state index in [4.69, 9.17) is 16.7 Å². The van der Waals surface area contributed by atoms with Gasteiger partial charge in [0.1, 0.15) is 0 Å². The molecule has 0 saturated heterocycles.